The molecule has 90 valence electrons. The molecule has 1 aromatic rings. The summed E-state index contributed by atoms with van der Waals surface area (Å²) in [5.74, 6) is -1.66. The first-order chi connectivity index (χ1) is 7.91. The second-order valence-corrected chi connectivity index (χ2v) is 3.67. The van der Waals surface area contributed by atoms with Gasteiger partial charge in [-0.2, -0.15) is 0 Å². The van der Waals surface area contributed by atoms with Gasteiger partial charge in [-0.05, 0) is 26.0 Å². The molecule has 0 aliphatic heterocycles. The van der Waals surface area contributed by atoms with Crippen LogP contribution in [0.15, 0.2) is 24.3 Å². The lowest BCUT2D eigenvalue weighted by Crippen LogP contribution is -2.38. The van der Waals surface area contributed by atoms with Crippen LogP contribution in [0, 0.1) is 0 Å². The molecule has 1 rings (SSSR count). The second-order valence-electron chi connectivity index (χ2n) is 3.67. The molecule has 5 heteroatoms. The predicted molar refractivity (Wildman–Crippen MR) is 61.0 cm³/mol. The Morgan fingerprint density at radius 3 is 2.00 bits per heavy atom. The number of hydrogen-bond acceptors (Lipinski definition) is 3. The number of carboxylic acids is 1. The Hall–Kier alpha value is -2.17. The van der Waals surface area contributed by atoms with Gasteiger partial charge in [0, 0.05) is 11.1 Å². The van der Waals surface area contributed by atoms with Crippen molar-refractivity contribution in [3.63, 3.8) is 0 Å². The van der Waals surface area contributed by atoms with Crippen LogP contribution in [0.5, 0.6) is 0 Å². The zero-order valence-electron chi connectivity index (χ0n) is 9.56. The summed E-state index contributed by atoms with van der Waals surface area (Å²) in [6.07, 6.45) is 0. The topological polar surface area (TPSA) is 83.5 Å². The van der Waals surface area contributed by atoms with E-state index in [-0.39, 0.29) is 5.78 Å². The Morgan fingerprint density at radius 1 is 1.12 bits per heavy atom. The molecular weight excluding hydrogens is 222 g/mol. The summed E-state index contributed by atoms with van der Waals surface area (Å²) in [5.41, 5.74) is 0.830. The van der Waals surface area contributed by atoms with Gasteiger partial charge in [-0.1, -0.05) is 12.1 Å². The van der Waals surface area contributed by atoms with E-state index in [2.05, 4.69) is 5.32 Å². The smallest absolute Gasteiger partial charge is 0.325 e. The first-order valence-corrected chi connectivity index (χ1v) is 5.06. The van der Waals surface area contributed by atoms with E-state index < -0.39 is 17.9 Å². The third kappa shape index (κ3) is 3.41. The average molecular weight is 235 g/mol. The first kappa shape index (κ1) is 12.9. The maximum absolute atomic E-state index is 11.6. The molecule has 0 unspecified atom stereocenters. The standard InChI is InChI=1S/C12H13NO4/c1-7(12(16)17)13-11(15)10-5-3-9(4-6-10)8(2)14/h3-7H,1-2H3,(H,13,15)(H,16,17)/t7-/m0/s1. The Labute approximate surface area is 98.4 Å². The normalized spacial score (nSPS) is 11.6. The van der Waals surface area contributed by atoms with Crippen LogP contribution in [0.2, 0.25) is 0 Å². The predicted octanol–water partition coefficient (Wildman–Crippen LogP) is 1.09. The van der Waals surface area contributed by atoms with Crippen molar-refractivity contribution in [1.82, 2.24) is 5.32 Å². The molecule has 1 aromatic carbocycles. The zero-order valence-corrected chi connectivity index (χ0v) is 9.56. The van der Waals surface area contributed by atoms with Crippen LogP contribution in [0.25, 0.3) is 0 Å². The largest absolute Gasteiger partial charge is 0.480 e. The highest BCUT2D eigenvalue weighted by Gasteiger charge is 2.15. The van der Waals surface area contributed by atoms with Gasteiger partial charge in [-0.25, -0.2) is 0 Å². The SMILES string of the molecule is CC(=O)c1ccc(C(=O)N[C@@H](C)C(=O)O)cc1. The van der Waals surface area contributed by atoms with Crippen molar-refractivity contribution >= 4 is 17.7 Å². The van der Waals surface area contributed by atoms with E-state index in [0.29, 0.717) is 11.1 Å². The number of hydrogen-bond donors (Lipinski definition) is 2. The fraction of sp³-hybridized carbons (Fsp3) is 0.250. The number of nitrogens with one attached hydrogen (secondary N) is 1. The summed E-state index contributed by atoms with van der Waals surface area (Å²) in [6.45, 7) is 2.81. The Kier molecular flexibility index (Phi) is 3.98. The van der Waals surface area contributed by atoms with E-state index >= 15 is 0 Å². The summed E-state index contributed by atoms with van der Waals surface area (Å²) in [7, 11) is 0. The lowest BCUT2D eigenvalue weighted by atomic mass is 10.1. The maximum atomic E-state index is 11.6. The number of carbonyl (C=O) groups is 3. The summed E-state index contributed by atoms with van der Waals surface area (Å²) < 4.78 is 0. The number of carboxylic acid groups (broad SMARTS) is 1. The fourth-order valence-electron chi connectivity index (χ4n) is 1.20. The van der Waals surface area contributed by atoms with E-state index in [4.69, 9.17) is 5.11 Å². The van der Waals surface area contributed by atoms with Crippen molar-refractivity contribution in [2.45, 2.75) is 19.9 Å². The Balaban J connectivity index is 2.77. The Morgan fingerprint density at radius 2 is 1.59 bits per heavy atom. The third-order valence-corrected chi connectivity index (χ3v) is 2.27. The zero-order chi connectivity index (χ0) is 13.0. The quantitative estimate of drug-likeness (QED) is 0.765. The van der Waals surface area contributed by atoms with Crippen LogP contribution in [0.4, 0.5) is 0 Å². The number of amides is 1. The number of ketones is 1. The van der Waals surface area contributed by atoms with Crippen LogP contribution in [0.1, 0.15) is 34.6 Å². The number of Topliss-reactive ketones (excluding diaryl/α,β-unsaturated/α-hetero) is 1. The molecular formula is C12H13NO4. The Bertz CT molecular complexity index is 450. The van der Waals surface area contributed by atoms with Crippen LogP contribution in [0.3, 0.4) is 0 Å². The van der Waals surface area contributed by atoms with Gasteiger partial charge in [0.1, 0.15) is 6.04 Å². The number of rotatable bonds is 4. The van der Waals surface area contributed by atoms with Crippen LogP contribution in [-0.4, -0.2) is 28.8 Å². The molecule has 0 aliphatic carbocycles. The minimum Gasteiger partial charge on any atom is -0.480 e. The lowest BCUT2D eigenvalue weighted by Gasteiger charge is -2.09. The molecule has 0 heterocycles. The summed E-state index contributed by atoms with van der Waals surface area (Å²) >= 11 is 0. The second kappa shape index (κ2) is 5.25. The molecule has 17 heavy (non-hydrogen) atoms. The molecule has 5 nitrogen and oxygen atoms in total. The van der Waals surface area contributed by atoms with E-state index in [1.807, 2.05) is 0 Å². The molecule has 1 amide bonds. The maximum Gasteiger partial charge on any atom is 0.325 e. The van der Waals surface area contributed by atoms with Gasteiger partial charge in [0.05, 0.1) is 0 Å². The van der Waals surface area contributed by atoms with Crippen molar-refractivity contribution in [3.05, 3.63) is 35.4 Å². The number of benzene rings is 1. The fourth-order valence-corrected chi connectivity index (χ4v) is 1.20. The number of aliphatic carboxylic acids is 1. The van der Waals surface area contributed by atoms with Crippen molar-refractivity contribution in [3.8, 4) is 0 Å². The lowest BCUT2D eigenvalue weighted by molar-refractivity contribution is -0.138. The van der Waals surface area contributed by atoms with Gasteiger partial charge < -0.3 is 10.4 Å². The molecule has 0 bridgehead atoms. The van der Waals surface area contributed by atoms with Crippen LogP contribution in [-0.2, 0) is 4.79 Å². The molecule has 0 fully saturated rings. The minimum absolute atomic E-state index is 0.0872. The monoisotopic (exact) mass is 235 g/mol. The van der Waals surface area contributed by atoms with Gasteiger partial charge in [0.15, 0.2) is 5.78 Å². The van der Waals surface area contributed by atoms with Crippen molar-refractivity contribution < 1.29 is 19.5 Å². The summed E-state index contributed by atoms with van der Waals surface area (Å²) in [5, 5.41) is 11.0. The molecule has 0 spiro atoms. The molecule has 0 radical (unpaired) electrons. The van der Waals surface area contributed by atoms with Crippen LogP contribution >= 0.6 is 0 Å². The highest BCUT2D eigenvalue weighted by molar-refractivity contribution is 5.98. The molecule has 0 saturated carbocycles. The minimum atomic E-state index is -1.10. The molecule has 0 saturated heterocycles. The van der Waals surface area contributed by atoms with Gasteiger partial charge in [-0.3, -0.25) is 14.4 Å². The van der Waals surface area contributed by atoms with Gasteiger partial charge in [0.25, 0.3) is 5.91 Å². The molecule has 0 aromatic heterocycles. The van der Waals surface area contributed by atoms with E-state index in [1.54, 1.807) is 0 Å². The van der Waals surface area contributed by atoms with E-state index in [1.165, 1.54) is 38.1 Å². The average Bonchev–Trinajstić information content (AvgIpc) is 2.28. The van der Waals surface area contributed by atoms with Gasteiger partial charge in [-0.15, -0.1) is 0 Å². The van der Waals surface area contributed by atoms with Gasteiger partial charge >= 0.3 is 5.97 Å². The molecule has 0 aliphatic rings. The van der Waals surface area contributed by atoms with E-state index in [0.717, 1.165) is 0 Å². The summed E-state index contributed by atoms with van der Waals surface area (Å²) in [6, 6.07) is 5.09. The first-order valence-electron chi connectivity index (χ1n) is 5.06. The third-order valence-electron chi connectivity index (χ3n) is 2.27. The molecule has 1 atom stereocenters. The highest BCUT2D eigenvalue weighted by Crippen LogP contribution is 2.05. The highest BCUT2D eigenvalue weighted by atomic mass is 16.4. The summed E-state index contributed by atoms with van der Waals surface area (Å²) in [4.78, 5) is 33.1. The van der Waals surface area contributed by atoms with Crippen molar-refractivity contribution in [1.29, 1.82) is 0 Å². The van der Waals surface area contributed by atoms with Gasteiger partial charge in [0.2, 0.25) is 0 Å². The van der Waals surface area contributed by atoms with E-state index in [9.17, 15) is 14.4 Å². The molecule has 2 N–H and O–H groups in total. The van der Waals surface area contributed by atoms with Crippen LogP contribution < -0.4 is 5.32 Å². The number of carbonyl (C=O) groups excluding carboxylic acids is 2. The van der Waals surface area contributed by atoms with Crippen molar-refractivity contribution in [2.24, 2.45) is 0 Å². The van der Waals surface area contributed by atoms with Crippen molar-refractivity contribution in [2.75, 3.05) is 0 Å².